The minimum atomic E-state index is 0.257. The predicted octanol–water partition coefficient (Wildman–Crippen LogP) is 3.33. The maximum absolute atomic E-state index is 12.2. The Kier molecular flexibility index (Phi) is 4.73. The van der Waals surface area contributed by atoms with Crippen molar-refractivity contribution in [2.45, 2.75) is 51.5 Å². The highest BCUT2D eigenvalue weighted by atomic mass is 16.2. The third-order valence-corrected chi connectivity index (χ3v) is 3.64. The molecule has 0 saturated carbocycles. The van der Waals surface area contributed by atoms with Gasteiger partial charge in [-0.15, -0.1) is 0 Å². The van der Waals surface area contributed by atoms with Gasteiger partial charge >= 0.3 is 0 Å². The van der Waals surface area contributed by atoms with Gasteiger partial charge in [-0.1, -0.05) is 25.8 Å². The molecule has 3 nitrogen and oxygen atoms in total. The number of carbonyl (C=O) groups is 1. The Bertz CT molecular complexity index is 377. The molecule has 0 aromatic carbocycles. The van der Waals surface area contributed by atoms with E-state index < -0.39 is 0 Å². The van der Waals surface area contributed by atoms with Gasteiger partial charge < -0.3 is 4.90 Å². The summed E-state index contributed by atoms with van der Waals surface area (Å²) in [5.41, 5.74) is 1.18. The molecule has 0 radical (unpaired) electrons. The Hall–Kier alpha value is -1.38. The predicted molar refractivity (Wildman–Crippen MR) is 72.1 cm³/mol. The molecule has 2 heterocycles. The third-order valence-electron chi connectivity index (χ3n) is 3.64. The van der Waals surface area contributed by atoms with Crippen LogP contribution in [0.3, 0.4) is 0 Å². The first kappa shape index (κ1) is 13.1. The summed E-state index contributed by atoms with van der Waals surface area (Å²) in [5, 5.41) is 0. The molecule has 0 unspecified atom stereocenters. The second kappa shape index (κ2) is 6.53. The van der Waals surface area contributed by atoms with E-state index in [0.717, 1.165) is 32.2 Å². The second-order valence-corrected chi connectivity index (χ2v) is 4.99. The minimum Gasteiger partial charge on any atom is -0.336 e. The molecule has 1 atom stereocenters. The number of unbranched alkanes of at least 4 members (excludes halogenated alkanes) is 2. The van der Waals surface area contributed by atoms with Crippen LogP contribution in [0.4, 0.5) is 0 Å². The van der Waals surface area contributed by atoms with Crippen LogP contribution in [0.1, 0.15) is 57.1 Å². The molecule has 1 fully saturated rings. The largest absolute Gasteiger partial charge is 0.336 e. The Morgan fingerprint density at radius 3 is 3.11 bits per heavy atom. The average molecular weight is 246 g/mol. The van der Waals surface area contributed by atoms with Crippen molar-refractivity contribution in [2.75, 3.05) is 6.54 Å². The van der Waals surface area contributed by atoms with E-state index in [0.29, 0.717) is 12.3 Å². The third kappa shape index (κ3) is 3.09. The molecule has 1 saturated heterocycles. The van der Waals surface area contributed by atoms with E-state index in [1.165, 1.54) is 12.0 Å². The topological polar surface area (TPSA) is 33.2 Å². The van der Waals surface area contributed by atoms with Gasteiger partial charge in [0.15, 0.2) is 0 Å². The molecule has 0 N–H and O–H groups in total. The fraction of sp³-hybridized carbons (Fsp3) is 0.600. The molecule has 0 bridgehead atoms. The van der Waals surface area contributed by atoms with Crippen LogP contribution >= 0.6 is 0 Å². The van der Waals surface area contributed by atoms with E-state index >= 15 is 0 Å². The molecule has 3 heteroatoms. The minimum absolute atomic E-state index is 0.257. The van der Waals surface area contributed by atoms with Crippen LogP contribution < -0.4 is 0 Å². The fourth-order valence-corrected chi connectivity index (χ4v) is 2.65. The van der Waals surface area contributed by atoms with E-state index in [4.69, 9.17) is 0 Å². The van der Waals surface area contributed by atoms with Gasteiger partial charge in [-0.2, -0.15) is 0 Å². The Morgan fingerprint density at radius 1 is 1.50 bits per heavy atom. The fourth-order valence-electron chi connectivity index (χ4n) is 2.65. The quantitative estimate of drug-likeness (QED) is 0.747. The number of pyridine rings is 1. The second-order valence-electron chi connectivity index (χ2n) is 4.99. The molecule has 1 aromatic heterocycles. The summed E-state index contributed by atoms with van der Waals surface area (Å²) in [6, 6.07) is 4.29. The molecule has 98 valence electrons. The number of nitrogens with zero attached hydrogens (tertiary/aromatic N) is 2. The Morgan fingerprint density at radius 2 is 2.39 bits per heavy atom. The molecule has 1 amide bonds. The number of amides is 1. The summed E-state index contributed by atoms with van der Waals surface area (Å²) < 4.78 is 0. The highest BCUT2D eigenvalue weighted by Gasteiger charge is 2.29. The van der Waals surface area contributed by atoms with Crippen LogP contribution in [0.5, 0.6) is 0 Å². The van der Waals surface area contributed by atoms with Crippen LogP contribution in [0.15, 0.2) is 24.5 Å². The van der Waals surface area contributed by atoms with Crippen molar-refractivity contribution in [2.24, 2.45) is 0 Å². The SMILES string of the molecule is CCCCCC(=O)N1CCC[C@H]1c1cccnc1. The lowest BCUT2D eigenvalue weighted by atomic mass is 10.1. The van der Waals surface area contributed by atoms with Gasteiger partial charge in [-0.25, -0.2) is 0 Å². The zero-order valence-corrected chi connectivity index (χ0v) is 11.1. The lowest BCUT2D eigenvalue weighted by Crippen LogP contribution is -2.30. The standard InChI is InChI=1S/C15H22N2O/c1-2-3-4-9-15(18)17-11-6-8-14(17)13-7-5-10-16-12-13/h5,7,10,12,14H,2-4,6,8-9,11H2,1H3/t14-/m0/s1. The number of hydrogen-bond donors (Lipinski definition) is 0. The number of carbonyl (C=O) groups excluding carboxylic acids is 1. The molecule has 1 aliphatic rings. The van der Waals surface area contributed by atoms with Gasteiger partial charge in [0.1, 0.15) is 0 Å². The van der Waals surface area contributed by atoms with Crippen molar-refractivity contribution in [3.63, 3.8) is 0 Å². The van der Waals surface area contributed by atoms with Gasteiger partial charge in [-0.05, 0) is 30.9 Å². The molecule has 0 spiro atoms. The molecule has 1 aliphatic heterocycles. The van der Waals surface area contributed by atoms with Crippen molar-refractivity contribution < 1.29 is 4.79 Å². The average Bonchev–Trinajstić information content (AvgIpc) is 2.89. The highest BCUT2D eigenvalue weighted by Crippen LogP contribution is 2.32. The smallest absolute Gasteiger partial charge is 0.223 e. The van der Waals surface area contributed by atoms with Crippen LogP contribution in [0.25, 0.3) is 0 Å². The van der Waals surface area contributed by atoms with Crippen molar-refractivity contribution >= 4 is 5.91 Å². The number of likely N-dealkylation sites (tertiary alicyclic amines) is 1. The monoisotopic (exact) mass is 246 g/mol. The van der Waals surface area contributed by atoms with E-state index in [9.17, 15) is 4.79 Å². The molecular formula is C15H22N2O. The van der Waals surface area contributed by atoms with Crippen molar-refractivity contribution in [3.05, 3.63) is 30.1 Å². The van der Waals surface area contributed by atoms with Gasteiger partial charge in [0.2, 0.25) is 5.91 Å². The van der Waals surface area contributed by atoms with Gasteiger partial charge in [0.25, 0.3) is 0 Å². The maximum Gasteiger partial charge on any atom is 0.223 e. The molecular weight excluding hydrogens is 224 g/mol. The highest BCUT2D eigenvalue weighted by molar-refractivity contribution is 5.77. The van der Waals surface area contributed by atoms with Crippen molar-refractivity contribution in [1.82, 2.24) is 9.88 Å². The molecule has 2 rings (SSSR count). The van der Waals surface area contributed by atoms with E-state index in [2.05, 4.69) is 18.0 Å². The number of aromatic nitrogens is 1. The first-order valence-electron chi connectivity index (χ1n) is 7.02. The zero-order chi connectivity index (χ0) is 12.8. The van der Waals surface area contributed by atoms with Gasteiger partial charge in [0, 0.05) is 25.4 Å². The summed E-state index contributed by atoms with van der Waals surface area (Å²) in [5.74, 6) is 0.315. The zero-order valence-electron chi connectivity index (χ0n) is 11.1. The first-order chi connectivity index (χ1) is 8.83. The van der Waals surface area contributed by atoms with E-state index in [-0.39, 0.29) is 6.04 Å². The molecule has 18 heavy (non-hydrogen) atoms. The summed E-state index contributed by atoms with van der Waals surface area (Å²) in [7, 11) is 0. The van der Waals surface area contributed by atoms with Crippen LogP contribution in [-0.4, -0.2) is 22.3 Å². The molecule has 1 aromatic rings. The van der Waals surface area contributed by atoms with Crippen LogP contribution in [0, 0.1) is 0 Å². The van der Waals surface area contributed by atoms with E-state index in [1.807, 2.05) is 17.2 Å². The Labute approximate surface area is 109 Å². The number of hydrogen-bond acceptors (Lipinski definition) is 2. The first-order valence-corrected chi connectivity index (χ1v) is 7.02. The van der Waals surface area contributed by atoms with Crippen molar-refractivity contribution in [3.8, 4) is 0 Å². The van der Waals surface area contributed by atoms with Crippen LogP contribution in [0.2, 0.25) is 0 Å². The van der Waals surface area contributed by atoms with Crippen LogP contribution in [-0.2, 0) is 4.79 Å². The Balaban J connectivity index is 1.97. The summed E-state index contributed by atoms with van der Waals surface area (Å²) in [6.07, 6.45) is 9.89. The molecule has 0 aliphatic carbocycles. The normalized spacial score (nSPS) is 19.2. The summed E-state index contributed by atoms with van der Waals surface area (Å²) in [4.78, 5) is 18.4. The van der Waals surface area contributed by atoms with Crippen molar-refractivity contribution in [1.29, 1.82) is 0 Å². The lowest BCUT2D eigenvalue weighted by Gasteiger charge is -2.25. The van der Waals surface area contributed by atoms with Gasteiger partial charge in [0.05, 0.1) is 6.04 Å². The summed E-state index contributed by atoms with van der Waals surface area (Å²) in [6.45, 7) is 3.07. The number of rotatable bonds is 5. The van der Waals surface area contributed by atoms with Gasteiger partial charge in [-0.3, -0.25) is 9.78 Å². The summed E-state index contributed by atoms with van der Waals surface area (Å²) >= 11 is 0. The maximum atomic E-state index is 12.2. The van der Waals surface area contributed by atoms with E-state index in [1.54, 1.807) is 6.20 Å². The lowest BCUT2D eigenvalue weighted by molar-refractivity contribution is -0.132.